The molecule has 1 aliphatic heterocycles. The Hall–Kier alpha value is -3.42. The fourth-order valence-electron chi connectivity index (χ4n) is 5.16. The van der Waals surface area contributed by atoms with Gasteiger partial charge in [-0.3, -0.25) is 14.5 Å². The molecule has 0 radical (unpaired) electrons. The number of carbonyl (C=O) groups excluding carboxylic acids is 3. The number of benzene rings is 1. The first kappa shape index (κ1) is 19.5. The van der Waals surface area contributed by atoms with E-state index in [1.807, 2.05) is 30.3 Å². The lowest BCUT2D eigenvalue weighted by Gasteiger charge is -2.58. The molecule has 3 fully saturated rings. The summed E-state index contributed by atoms with van der Waals surface area (Å²) in [7, 11) is 0. The molecule has 31 heavy (non-hydrogen) atoms. The fraction of sp³-hybridized carbons (Fsp3) is 0.391. The van der Waals surface area contributed by atoms with Gasteiger partial charge in [-0.25, -0.2) is 9.78 Å². The molecule has 2 aliphatic carbocycles. The molecule has 1 saturated heterocycles. The summed E-state index contributed by atoms with van der Waals surface area (Å²) in [6.07, 6.45) is 5.23. The highest BCUT2D eigenvalue weighted by molar-refractivity contribution is 6.04. The zero-order valence-electron chi connectivity index (χ0n) is 17.0. The summed E-state index contributed by atoms with van der Waals surface area (Å²) < 4.78 is 5.89. The molecule has 1 atom stereocenters. The molecule has 0 unspecified atom stereocenters. The third-order valence-electron chi connectivity index (χ3n) is 6.67. The minimum absolute atomic E-state index is 0.0390. The van der Waals surface area contributed by atoms with E-state index >= 15 is 0 Å². The largest absolute Gasteiger partial charge is 0.474 e. The minimum atomic E-state index is -0.565. The fourth-order valence-corrected chi connectivity index (χ4v) is 5.16. The standard InChI is InChI=1S/C23H24N4O4/c24-19(28)17-7-4-8-25-20(17)31-16-12-23(13-16)10-15(11-23)27-21(29)18(26-22(27)30)9-14-5-2-1-3-6-14/h1-8,15-16,18H,9-13H2,(H2,24,28)(H,26,30)/t15?,16?,18-,23?/m1/s1. The third kappa shape index (κ3) is 3.52. The van der Waals surface area contributed by atoms with E-state index in [0.29, 0.717) is 6.42 Å². The van der Waals surface area contributed by atoms with Crippen molar-refractivity contribution in [2.24, 2.45) is 11.1 Å². The van der Waals surface area contributed by atoms with Gasteiger partial charge >= 0.3 is 6.03 Å². The van der Waals surface area contributed by atoms with Gasteiger partial charge in [-0.15, -0.1) is 0 Å². The van der Waals surface area contributed by atoms with Crippen LogP contribution in [0.3, 0.4) is 0 Å². The topological polar surface area (TPSA) is 115 Å². The van der Waals surface area contributed by atoms with Gasteiger partial charge in [-0.2, -0.15) is 0 Å². The van der Waals surface area contributed by atoms with Gasteiger partial charge in [0.25, 0.3) is 11.8 Å². The van der Waals surface area contributed by atoms with Crippen LogP contribution in [0.15, 0.2) is 48.7 Å². The zero-order chi connectivity index (χ0) is 21.6. The molecule has 2 heterocycles. The first-order valence-electron chi connectivity index (χ1n) is 10.5. The molecular weight excluding hydrogens is 396 g/mol. The van der Waals surface area contributed by atoms with Gasteiger partial charge in [0.15, 0.2) is 0 Å². The number of aromatic nitrogens is 1. The predicted molar refractivity (Wildman–Crippen MR) is 111 cm³/mol. The Bertz CT molecular complexity index is 1030. The van der Waals surface area contributed by atoms with Crippen molar-refractivity contribution in [3.8, 4) is 5.88 Å². The number of pyridine rings is 1. The highest BCUT2D eigenvalue weighted by atomic mass is 16.5. The van der Waals surface area contributed by atoms with Gasteiger partial charge in [0.2, 0.25) is 5.88 Å². The number of imide groups is 1. The predicted octanol–water partition coefficient (Wildman–Crippen LogP) is 2.03. The Balaban J connectivity index is 1.15. The number of nitrogens with two attached hydrogens (primary N) is 1. The van der Waals surface area contributed by atoms with Crippen LogP contribution in [-0.4, -0.2) is 45.9 Å². The molecule has 5 rings (SSSR count). The number of hydrogen-bond acceptors (Lipinski definition) is 5. The van der Waals surface area contributed by atoms with Crippen molar-refractivity contribution in [2.75, 3.05) is 0 Å². The van der Waals surface area contributed by atoms with Crippen molar-refractivity contribution in [3.05, 3.63) is 59.8 Å². The molecular formula is C23H24N4O4. The molecule has 3 N–H and O–H groups in total. The molecule has 2 aromatic rings. The maximum atomic E-state index is 12.8. The summed E-state index contributed by atoms with van der Waals surface area (Å²) in [5.74, 6) is -0.437. The average Bonchev–Trinajstić information content (AvgIpc) is 2.97. The van der Waals surface area contributed by atoms with Crippen molar-refractivity contribution in [2.45, 2.75) is 50.3 Å². The number of hydrogen-bond donors (Lipinski definition) is 2. The smallest absolute Gasteiger partial charge is 0.325 e. The van der Waals surface area contributed by atoms with E-state index in [1.54, 1.807) is 18.3 Å². The van der Waals surface area contributed by atoms with E-state index in [4.69, 9.17) is 10.5 Å². The highest BCUT2D eigenvalue weighted by Crippen LogP contribution is 2.58. The van der Waals surface area contributed by atoms with Gasteiger partial charge in [0.1, 0.15) is 17.7 Å². The van der Waals surface area contributed by atoms with Crippen LogP contribution >= 0.6 is 0 Å². The second kappa shape index (κ2) is 7.37. The Kier molecular flexibility index (Phi) is 4.64. The van der Waals surface area contributed by atoms with Crippen molar-refractivity contribution >= 4 is 17.8 Å². The lowest BCUT2D eigenvalue weighted by Crippen LogP contribution is -2.60. The summed E-state index contributed by atoms with van der Waals surface area (Å²) in [4.78, 5) is 42.4. The highest BCUT2D eigenvalue weighted by Gasteiger charge is 2.58. The SMILES string of the molecule is NC(=O)c1cccnc1OC1CC2(C1)CC(N1C(=O)N[C@H](Cc3ccccc3)C1=O)C2. The number of rotatable bonds is 6. The van der Waals surface area contributed by atoms with Crippen molar-refractivity contribution in [3.63, 3.8) is 0 Å². The summed E-state index contributed by atoms with van der Waals surface area (Å²) >= 11 is 0. The zero-order valence-corrected chi connectivity index (χ0v) is 17.0. The van der Waals surface area contributed by atoms with Crippen LogP contribution in [0.2, 0.25) is 0 Å². The van der Waals surface area contributed by atoms with Gasteiger partial charge in [-0.05, 0) is 48.8 Å². The molecule has 1 aromatic heterocycles. The van der Waals surface area contributed by atoms with Crippen LogP contribution in [0.25, 0.3) is 0 Å². The maximum absolute atomic E-state index is 12.8. The van der Waals surface area contributed by atoms with Crippen LogP contribution in [0, 0.1) is 5.41 Å². The number of ether oxygens (including phenoxy) is 1. The number of nitrogens with one attached hydrogen (secondary N) is 1. The molecule has 1 spiro atoms. The first-order valence-corrected chi connectivity index (χ1v) is 10.5. The number of urea groups is 1. The Morgan fingerprint density at radius 3 is 2.58 bits per heavy atom. The van der Waals surface area contributed by atoms with E-state index < -0.39 is 11.9 Å². The monoisotopic (exact) mass is 420 g/mol. The van der Waals surface area contributed by atoms with Crippen LogP contribution in [0.1, 0.15) is 41.6 Å². The van der Waals surface area contributed by atoms with Gasteiger partial charge in [-0.1, -0.05) is 30.3 Å². The molecule has 1 aromatic carbocycles. The van der Waals surface area contributed by atoms with Crippen molar-refractivity contribution in [1.82, 2.24) is 15.2 Å². The summed E-state index contributed by atoms with van der Waals surface area (Å²) in [5.41, 5.74) is 6.77. The number of amides is 4. The van der Waals surface area contributed by atoms with E-state index in [1.165, 1.54) is 4.90 Å². The minimum Gasteiger partial charge on any atom is -0.474 e. The van der Waals surface area contributed by atoms with Crippen LogP contribution in [0.5, 0.6) is 5.88 Å². The Morgan fingerprint density at radius 1 is 1.13 bits per heavy atom. The molecule has 4 amide bonds. The first-order chi connectivity index (χ1) is 14.9. The second-order valence-corrected chi connectivity index (χ2v) is 8.83. The summed E-state index contributed by atoms with van der Waals surface area (Å²) in [6.45, 7) is 0. The quantitative estimate of drug-likeness (QED) is 0.694. The van der Waals surface area contributed by atoms with Gasteiger partial charge < -0.3 is 15.8 Å². The van der Waals surface area contributed by atoms with E-state index in [-0.39, 0.29) is 40.9 Å². The average molecular weight is 420 g/mol. The normalized spacial score (nSPS) is 29.3. The molecule has 2 saturated carbocycles. The Morgan fingerprint density at radius 2 is 1.87 bits per heavy atom. The van der Waals surface area contributed by atoms with Crippen molar-refractivity contribution in [1.29, 1.82) is 0 Å². The summed E-state index contributed by atoms with van der Waals surface area (Å²) in [5, 5.41) is 2.83. The molecule has 0 bridgehead atoms. The number of primary amides is 1. The van der Waals surface area contributed by atoms with Gasteiger partial charge in [0, 0.05) is 18.7 Å². The number of carbonyl (C=O) groups is 3. The van der Waals surface area contributed by atoms with Crippen LogP contribution in [0.4, 0.5) is 4.79 Å². The van der Waals surface area contributed by atoms with Crippen LogP contribution in [-0.2, 0) is 11.2 Å². The maximum Gasteiger partial charge on any atom is 0.325 e. The lowest BCUT2D eigenvalue weighted by molar-refractivity contribution is -0.140. The van der Waals surface area contributed by atoms with Crippen molar-refractivity contribution < 1.29 is 19.1 Å². The molecule has 3 aliphatic rings. The molecule has 8 heteroatoms. The van der Waals surface area contributed by atoms with E-state index in [2.05, 4.69) is 10.3 Å². The van der Waals surface area contributed by atoms with E-state index in [9.17, 15) is 14.4 Å². The molecule has 8 nitrogen and oxygen atoms in total. The third-order valence-corrected chi connectivity index (χ3v) is 6.67. The van der Waals surface area contributed by atoms with Gasteiger partial charge in [0.05, 0.1) is 0 Å². The van der Waals surface area contributed by atoms with E-state index in [0.717, 1.165) is 31.2 Å². The summed E-state index contributed by atoms with van der Waals surface area (Å²) in [6, 6.07) is 12.1. The second-order valence-electron chi connectivity index (χ2n) is 8.83. The lowest BCUT2D eigenvalue weighted by atomic mass is 9.52. The Labute approximate surface area is 179 Å². The van der Waals surface area contributed by atoms with Crippen LogP contribution < -0.4 is 15.8 Å². The molecule has 160 valence electrons. The number of nitrogens with zero attached hydrogens (tertiary/aromatic N) is 2.